The number of aromatic nitrogens is 2. The van der Waals surface area contributed by atoms with E-state index >= 15 is 0 Å². The molecule has 1 heterocycles. The van der Waals surface area contributed by atoms with Crippen LogP contribution in [0.4, 0.5) is 0 Å². The van der Waals surface area contributed by atoms with E-state index in [1.54, 1.807) is 25.1 Å². The summed E-state index contributed by atoms with van der Waals surface area (Å²) in [5.41, 5.74) is 1.20. The summed E-state index contributed by atoms with van der Waals surface area (Å²) < 4.78 is 40.2. The number of hydrogen-bond donors (Lipinski definition) is 0. The van der Waals surface area contributed by atoms with Gasteiger partial charge in [0.1, 0.15) is 4.90 Å². The number of methoxy groups -OCH3 is 2. The maximum Gasteiger partial charge on any atom is 0.246 e. The largest absolute Gasteiger partial charge is 0.383 e. The van der Waals surface area contributed by atoms with Crippen molar-refractivity contribution < 1.29 is 17.9 Å². The van der Waals surface area contributed by atoms with Crippen LogP contribution in [0, 0.1) is 0 Å². The minimum atomic E-state index is -3.74. The molecule has 0 N–H and O–H groups in total. The fraction of sp³-hybridized carbons (Fsp3) is 0.550. The second-order valence-electron chi connectivity index (χ2n) is 7.66. The van der Waals surface area contributed by atoms with Crippen LogP contribution in [0.5, 0.6) is 0 Å². The van der Waals surface area contributed by atoms with Crippen molar-refractivity contribution in [1.82, 2.24) is 14.1 Å². The van der Waals surface area contributed by atoms with Gasteiger partial charge in [-0.1, -0.05) is 51.1 Å². The Hall–Kier alpha value is -1.74. The zero-order chi connectivity index (χ0) is 20.8. The van der Waals surface area contributed by atoms with Gasteiger partial charge in [-0.05, 0) is 5.56 Å². The summed E-state index contributed by atoms with van der Waals surface area (Å²) in [5, 5.41) is 4.63. The average Bonchev–Trinajstić information content (AvgIpc) is 3.07. The van der Waals surface area contributed by atoms with Crippen LogP contribution in [-0.4, -0.2) is 63.0 Å². The summed E-state index contributed by atoms with van der Waals surface area (Å²) in [6, 6.07) is 9.86. The van der Waals surface area contributed by atoms with Gasteiger partial charge in [0, 0.05) is 38.9 Å². The zero-order valence-electron chi connectivity index (χ0n) is 17.4. The molecule has 0 aliphatic rings. The van der Waals surface area contributed by atoms with E-state index in [9.17, 15) is 8.42 Å². The molecule has 1 aromatic heterocycles. The van der Waals surface area contributed by atoms with E-state index in [-0.39, 0.29) is 18.0 Å². The van der Waals surface area contributed by atoms with Crippen LogP contribution in [0.3, 0.4) is 0 Å². The summed E-state index contributed by atoms with van der Waals surface area (Å²) in [4.78, 5) is 0.239. The highest BCUT2D eigenvalue weighted by atomic mass is 32.2. The summed E-state index contributed by atoms with van der Waals surface area (Å²) in [6.07, 6.45) is 1.63. The Morgan fingerprint density at radius 2 is 1.61 bits per heavy atom. The number of ether oxygens (including phenoxy) is 2. The lowest BCUT2D eigenvalue weighted by molar-refractivity contribution is 0.150. The lowest BCUT2D eigenvalue weighted by Crippen LogP contribution is -2.37. The van der Waals surface area contributed by atoms with Crippen LogP contribution in [0.1, 0.15) is 32.0 Å². The molecule has 2 aromatic rings. The molecule has 0 atom stereocenters. The van der Waals surface area contributed by atoms with Crippen LogP contribution in [0.25, 0.3) is 0 Å². The molecule has 0 fully saturated rings. The third-order valence-electron chi connectivity index (χ3n) is 4.33. The lowest BCUT2D eigenvalue weighted by Gasteiger charge is -2.23. The minimum Gasteiger partial charge on any atom is -0.383 e. The van der Waals surface area contributed by atoms with Gasteiger partial charge < -0.3 is 9.47 Å². The Kier molecular flexibility index (Phi) is 7.77. The highest BCUT2D eigenvalue weighted by Gasteiger charge is 2.33. The first-order valence-electron chi connectivity index (χ1n) is 9.30. The van der Waals surface area contributed by atoms with Crippen LogP contribution >= 0.6 is 0 Å². The Bertz CT molecular complexity index is 834. The van der Waals surface area contributed by atoms with E-state index in [0.717, 1.165) is 5.56 Å². The average molecular weight is 410 g/mol. The van der Waals surface area contributed by atoms with Crippen molar-refractivity contribution >= 4 is 10.0 Å². The predicted molar refractivity (Wildman–Crippen MR) is 109 cm³/mol. The predicted octanol–water partition coefficient (Wildman–Crippen LogP) is 2.51. The number of rotatable bonds is 10. The Morgan fingerprint density at radius 1 is 1.04 bits per heavy atom. The van der Waals surface area contributed by atoms with Gasteiger partial charge in [0.25, 0.3) is 0 Å². The van der Waals surface area contributed by atoms with Crippen molar-refractivity contribution in [1.29, 1.82) is 0 Å². The molecule has 8 heteroatoms. The van der Waals surface area contributed by atoms with E-state index in [2.05, 4.69) is 5.10 Å². The van der Waals surface area contributed by atoms with Crippen molar-refractivity contribution in [2.24, 2.45) is 0 Å². The second kappa shape index (κ2) is 9.65. The summed E-state index contributed by atoms with van der Waals surface area (Å²) in [7, 11) is -0.630. The molecule has 7 nitrogen and oxygen atoms in total. The van der Waals surface area contributed by atoms with Crippen LogP contribution in [0.15, 0.2) is 41.4 Å². The molecule has 1 aromatic carbocycles. The standard InChI is InChI=1S/C20H31N3O4S/c1-20(2,3)19-18(16-22(21-19)15-17-9-7-6-8-10-17)28(24,25)23(11-13-26-4)12-14-27-5/h6-10,16H,11-15H2,1-5H3. The molecule has 28 heavy (non-hydrogen) atoms. The molecule has 0 aliphatic heterocycles. The maximum absolute atomic E-state index is 13.4. The molecule has 0 amide bonds. The number of benzene rings is 1. The molecule has 0 unspecified atom stereocenters. The van der Waals surface area contributed by atoms with Crippen LogP contribution < -0.4 is 0 Å². The number of sulfonamides is 1. The normalized spacial score (nSPS) is 12.6. The van der Waals surface area contributed by atoms with Crippen LogP contribution in [-0.2, 0) is 31.5 Å². The lowest BCUT2D eigenvalue weighted by atomic mass is 9.92. The molecule has 0 saturated heterocycles. The van der Waals surface area contributed by atoms with E-state index in [0.29, 0.717) is 25.5 Å². The first-order chi connectivity index (χ1) is 13.2. The monoisotopic (exact) mass is 409 g/mol. The van der Waals surface area contributed by atoms with E-state index in [1.165, 1.54) is 4.31 Å². The molecule has 0 saturated carbocycles. The Balaban J connectivity index is 2.44. The fourth-order valence-corrected chi connectivity index (χ4v) is 4.59. The maximum atomic E-state index is 13.4. The van der Waals surface area contributed by atoms with Crippen molar-refractivity contribution in [3.8, 4) is 0 Å². The van der Waals surface area contributed by atoms with Crippen molar-refractivity contribution in [3.05, 3.63) is 47.8 Å². The van der Waals surface area contributed by atoms with E-state index in [4.69, 9.17) is 9.47 Å². The fourth-order valence-electron chi connectivity index (χ4n) is 2.84. The second-order valence-corrected chi connectivity index (χ2v) is 9.57. The quantitative estimate of drug-likeness (QED) is 0.603. The Morgan fingerprint density at radius 3 is 2.11 bits per heavy atom. The third kappa shape index (κ3) is 5.64. The van der Waals surface area contributed by atoms with Gasteiger partial charge >= 0.3 is 0 Å². The van der Waals surface area contributed by atoms with Gasteiger partial charge in [-0.25, -0.2) is 8.42 Å². The van der Waals surface area contributed by atoms with E-state index < -0.39 is 15.4 Å². The first-order valence-corrected chi connectivity index (χ1v) is 10.7. The minimum absolute atomic E-state index is 0.239. The van der Waals surface area contributed by atoms with Crippen LogP contribution in [0.2, 0.25) is 0 Å². The zero-order valence-corrected chi connectivity index (χ0v) is 18.2. The van der Waals surface area contributed by atoms with Gasteiger partial charge in [0.2, 0.25) is 10.0 Å². The van der Waals surface area contributed by atoms with Gasteiger partial charge in [-0.15, -0.1) is 0 Å². The van der Waals surface area contributed by atoms with Crippen molar-refractivity contribution in [3.63, 3.8) is 0 Å². The van der Waals surface area contributed by atoms with Gasteiger partial charge in [-0.3, -0.25) is 4.68 Å². The Labute approximate surface area is 168 Å². The highest BCUT2D eigenvalue weighted by molar-refractivity contribution is 7.89. The molecule has 2 rings (SSSR count). The van der Waals surface area contributed by atoms with Gasteiger partial charge in [-0.2, -0.15) is 9.40 Å². The smallest absolute Gasteiger partial charge is 0.246 e. The molecule has 156 valence electrons. The topological polar surface area (TPSA) is 73.7 Å². The third-order valence-corrected chi connectivity index (χ3v) is 6.23. The highest BCUT2D eigenvalue weighted by Crippen LogP contribution is 2.30. The number of hydrogen-bond acceptors (Lipinski definition) is 5. The van der Waals surface area contributed by atoms with Crippen molar-refractivity contribution in [2.75, 3.05) is 40.5 Å². The van der Waals surface area contributed by atoms with Gasteiger partial charge in [0.05, 0.1) is 25.5 Å². The summed E-state index contributed by atoms with van der Waals surface area (Å²) in [6.45, 7) is 7.56. The number of nitrogens with zero attached hydrogens (tertiary/aromatic N) is 3. The molecule has 0 radical (unpaired) electrons. The van der Waals surface area contributed by atoms with E-state index in [1.807, 2.05) is 51.1 Å². The molecule has 0 spiro atoms. The molecule has 0 bridgehead atoms. The molecular weight excluding hydrogens is 378 g/mol. The first kappa shape index (κ1) is 22.5. The van der Waals surface area contributed by atoms with Gasteiger partial charge in [0.15, 0.2) is 0 Å². The SMILES string of the molecule is COCCN(CCOC)S(=O)(=O)c1cn(Cc2ccccc2)nc1C(C)(C)C. The molecular formula is C20H31N3O4S. The van der Waals surface area contributed by atoms with Crippen molar-refractivity contribution in [2.45, 2.75) is 37.6 Å². The summed E-state index contributed by atoms with van der Waals surface area (Å²) >= 11 is 0. The summed E-state index contributed by atoms with van der Waals surface area (Å²) in [5.74, 6) is 0. The molecule has 0 aliphatic carbocycles.